The SMILES string of the molecule is CCC(C)(CNC1CC1)CN1CCCN(C)CC1. The van der Waals surface area contributed by atoms with Crippen molar-refractivity contribution >= 4 is 0 Å². The largest absolute Gasteiger partial charge is 0.313 e. The van der Waals surface area contributed by atoms with Crippen LogP contribution in [0.5, 0.6) is 0 Å². The third-order valence-electron chi connectivity index (χ3n) is 4.67. The van der Waals surface area contributed by atoms with E-state index in [1.54, 1.807) is 0 Å². The average Bonchev–Trinajstić information content (AvgIpc) is 3.17. The smallest absolute Gasteiger partial charge is 0.0109 e. The lowest BCUT2D eigenvalue weighted by atomic mass is 9.86. The molecule has 1 saturated carbocycles. The maximum Gasteiger partial charge on any atom is 0.0109 e. The van der Waals surface area contributed by atoms with E-state index >= 15 is 0 Å². The van der Waals surface area contributed by atoms with Crippen LogP contribution in [0.15, 0.2) is 0 Å². The molecule has 1 aliphatic heterocycles. The van der Waals surface area contributed by atoms with Gasteiger partial charge in [-0.2, -0.15) is 0 Å². The highest BCUT2D eigenvalue weighted by molar-refractivity contribution is 4.87. The monoisotopic (exact) mass is 253 g/mol. The van der Waals surface area contributed by atoms with Crippen LogP contribution in [0.4, 0.5) is 0 Å². The highest BCUT2D eigenvalue weighted by Gasteiger charge is 2.29. The Bertz CT molecular complexity index is 252. The summed E-state index contributed by atoms with van der Waals surface area (Å²) in [4.78, 5) is 5.15. The highest BCUT2D eigenvalue weighted by atomic mass is 15.2. The van der Waals surface area contributed by atoms with Crippen LogP contribution in [0, 0.1) is 5.41 Å². The maximum absolute atomic E-state index is 3.73. The van der Waals surface area contributed by atoms with E-state index in [2.05, 4.69) is 36.0 Å². The van der Waals surface area contributed by atoms with E-state index in [0.717, 1.165) is 6.04 Å². The van der Waals surface area contributed by atoms with E-state index in [0.29, 0.717) is 5.41 Å². The molecular weight excluding hydrogens is 222 g/mol. The molecule has 2 aliphatic rings. The second-order valence-electron chi connectivity index (χ2n) is 6.75. The lowest BCUT2D eigenvalue weighted by molar-refractivity contribution is 0.158. The van der Waals surface area contributed by atoms with Gasteiger partial charge in [0.25, 0.3) is 0 Å². The molecule has 1 N–H and O–H groups in total. The Morgan fingerprint density at radius 1 is 1.17 bits per heavy atom. The Morgan fingerprint density at radius 3 is 2.61 bits per heavy atom. The number of rotatable bonds is 6. The first-order chi connectivity index (χ1) is 8.61. The molecule has 1 heterocycles. The van der Waals surface area contributed by atoms with Crippen LogP contribution in [0.25, 0.3) is 0 Å². The second-order valence-corrected chi connectivity index (χ2v) is 6.75. The van der Waals surface area contributed by atoms with Crippen LogP contribution < -0.4 is 5.32 Å². The number of hydrogen-bond acceptors (Lipinski definition) is 3. The predicted molar refractivity (Wildman–Crippen MR) is 78.0 cm³/mol. The summed E-state index contributed by atoms with van der Waals surface area (Å²) in [5.41, 5.74) is 0.450. The minimum absolute atomic E-state index is 0.450. The van der Waals surface area contributed by atoms with Gasteiger partial charge < -0.3 is 15.1 Å². The molecule has 106 valence electrons. The molecule has 2 rings (SSSR count). The van der Waals surface area contributed by atoms with Crippen LogP contribution >= 0.6 is 0 Å². The lowest BCUT2D eigenvalue weighted by Crippen LogP contribution is -2.43. The standard InChI is InChI=1S/C15H31N3/c1-4-15(2,12-16-14-6-7-14)13-18-9-5-8-17(3)10-11-18/h14,16H,4-13H2,1-3H3. The first kappa shape index (κ1) is 14.3. The van der Waals surface area contributed by atoms with Crippen LogP contribution in [-0.4, -0.2) is 62.2 Å². The van der Waals surface area contributed by atoms with Gasteiger partial charge in [0.2, 0.25) is 0 Å². The molecule has 3 nitrogen and oxygen atoms in total. The molecule has 0 aromatic rings. The molecule has 1 unspecified atom stereocenters. The van der Waals surface area contributed by atoms with E-state index in [4.69, 9.17) is 0 Å². The normalized spacial score (nSPS) is 26.8. The van der Waals surface area contributed by atoms with Gasteiger partial charge in [-0.05, 0) is 51.2 Å². The molecule has 1 atom stereocenters. The van der Waals surface area contributed by atoms with Crippen molar-refractivity contribution in [3.05, 3.63) is 0 Å². The molecule has 0 radical (unpaired) electrons. The Kier molecular flexibility index (Phi) is 5.05. The minimum atomic E-state index is 0.450. The zero-order chi connectivity index (χ0) is 13.0. The molecule has 2 fully saturated rings. The van der Waals surface area contributed by atoms with Gasteiger partial charge in [0.1, 0.15) is 0 Å². The van der Waals surface area contributed by atoms with Gasteiger partial charge in [-0.25, -0.2) is 0 Å². The van der Waals surface area contributed by atoms with Crippen LogP contribution in [0.2, 0.25) is 0 Å². The zero-order valence-corrected chi connectivity index (χ0v) is 12.5. The van der Waals surface area contributed by atoms with Crippen molar-refractivity contribution in [1.82, 2.24) is 15.1 Å². The molecule has 0 bridgehead atoms. The van der Waals surface area contributed by atoms with Crippen molar-refractivity contribution < 1.29 is 0 Å². The molecule has 1 aliphatic carbocycles. The van der Waals surface area contributed by atoms with E-state index < -0.39 is 0 Å². The Hall–Kier alpha value is -0.120. The van der Waals surface area contributed by atoms with Gasteiger partial charge in [-0.3, -0.25) is 0 Å². The highest BCUT2D eigenvalue weighted by Crippen LogP contribution is 2.25. The number of nitrogens with zero attached hydrogens (tertiary/aromatic N) is 2. The fourth-order valence-electron chi connectivity index (χ4n) is 2.77. The quantitative estimate of drug-likeness (QED) is 0.778. The van der Waals surface area contributed by atoms with Gasteiger partial charge >= 0.3 is 0 Å². The third-order valence-corrected chi connectivity index (χ3v) is 4.67. The molecular formula is C15H31N3. The molecule has 3 heteroatoms. The van der Waals surface area contributed by atoms with Gasteiger partial charge in [0.05, 0.1) is 0 Å². The van der Waals surface area contributed by atoms with Gasteiger partial charge in [0, 0.05) is 32.2 Å². The van der Waals surface area contributed by atoms with Gasteiger partial charge in [0.15, 0.2) is 0 Å². The summed E-state index contributed by atoms with van der Waals surface area (Å²) in [7, 11) is 2.25. The fourth-order valence-corrected chi connectivity index (χ4v) is 2.77. The third kappa shape index (κ3) is 4.52. The van der Waals surface area contributed by atoms with E-state index in [9.17, 15) is 0 Å². The first-order valence-corrected chi connectivity index (χ1v) is 7.75. The Balaban J connectivity index is 1.79. The summed E-state index contributed by atoms with van der Waals surface area (Å²) in [6.45, 7) is 12.3. The first-order valence-electron chi connectivity index (χ1n) is 7.75. The second kappa shape index (κ2) is 6.36. The van der Waals surface area contributed by atoms with Crippen LogP contribution in [0.3, 0.4) is 0 Å². The molecule has 0 aromatic carbocycles. The van der Waals surface area contributed by atoms with Crippen molar-refractivity contribution in [1.29, 1.82) is 0 Å². The number of hydrogen-bond donors (Lipinski definition) is 1. The summed E-state index contributed by atoms with van der Waals surface area (Å²) in [6.07, 6.45) is 5.40. The summed E-state index contributed by atoms with van der Waals surface area (Å²) < 4.78 is 0. The fraction of sp³-hybridized carbons (Fsp3) is 1.00. The predicted octanol–water partition coefficient (Wildman–Crippen LogP) is 1.79. The van der Waals surface area contributed by atoms with Crippen molar-refractivity contribution in [3.8, 4) is 0 Å². The van der Waals surface area contributed by atoms with E-state index in [1.807, 2.05) is 0 Å². The maximum atomic E-state index is 3.73. The summed E-state index contributed by atoms with van der Waals surface area (Å²) in [5, 5.41) is 3.73. The summed E-state index contributed by atoms with van der Waals surface area (Å²) in [5.74, 6) is 0. The molecule has 1 saturated heterocycles. The Labute approximate surface area is 113 Å². The van der Waals surface area contributed by atoms with E-state index in [1.165, 1.54) is 65.0 Å². The summed E-state index contributed by atoms with van der Waals surface area (Å²) >= 11 is 0. The number of nitrogens with one attached hydrogen (secondary N) is 1. The Morgan fingerprint density at radius 2 is 1.94 bits per heavy atom. The van der Waals surface area contributed by atoms with Gasteiger partial charge in [-0.15, -0.1) is 0 Å². The molecule has 0 amide bonds. The molecule has 0 spiro atoms. The van der Waals surface area contributed by atoms with Crippen molar-refractivity contribution in [2.45, 2.75) is 45.6 Å². The lowest BCUT2D eigenvalue weighted by Gasteiger charge is -2.35. The van der Waals surface area contributed by atoms with Gasteiger partial charge in [-0.1, -0.05) is 13.8 Å². The van der Waals surface area contributed by atoms with Crippen LogP contribution in [-0.2, 0) is 0 Å². The average molecular weight is 253 g/mol. The molecule has 0 aromatic heterocycles. The van der Waals surface area contributed by atoms with E-state index in [-0.39, 0.29) is 0 Å². The van der Waals surface area contributed by atoms with Crippen molar-refractivity contribution in [2.75, 3.05) is 46.3 Å². The topological polar surface area (TPSA) is 18.5 Å². The van der Waals surface area contributed by atoms with Crippen molar-refractivity contribution in [2.24, 2.45) is 5.41 Å². The van der Waals surface area contributed by atoms with Crippen molar-refractivity contribution in [3.63, 3.8) is 0 Å². The number of likely N-dealkylation sites (N-methyl/N-ethyl adjacent to an activating group) is 1. The minimum Gasteiger partial charge on any atom is -0.313 e. The zero-order valence-electron chi connectivity index (χ0n) is 12.5. The molecule has 18 heavy (non-hydrogen) atoms. The van der Waals surface area contributed by atoms with Crippen LogP contribution in [0.1, 0.15) is 39.5 Å². The summed E-state index contributed by atoms with van der Waals surface area (Å²) in [6, 6.07) is 0.839.